The van der Waals surface area contributed by atoms with Gasteiger partial charge in [-0.3, -0.25) is 4.57 Å². The Labute approximate surface area is 90.6 Å². The molecule has 5 nitrogen and oxygen atoms in total. The maximum atomic E-state index is 11.7. The number of rotatable bonds is 6. The number of hydrogen-bond acceptors (Lipinski definition) is 5. The first-order valence-corrected chi connectivity index (χ1v) is 6.75. The van der Waals surface area contributed by atoms with Gasteiger partial charge in [-0.05, 0) is 12.8 Å². The van der Waals surface area contributed by atoms with Crippen LogP contribution in [0.3, 0.4) is 0 Å². The summed E-state index contributed by atoms with van der Waals surface area (Å²) < 4.78 is 32.0. The second kappa shape index (κ2) is 5.97. The molecule has 0 bridgehead atoms. The third kappa shape index (κ3) is 3.85. The molecule has 0 spiro atoms. The molecule has 1 saturated heterocycles. The van der Waals surface area contributed by atoms with E-state index in [9.17, 15) is 4.57 Å². The Kier molecular flexibility index (Phi) is 5.23. The van der Waals surface area contributed by atoms with Crippen molar-refractivity contribution in [3.8, 4) is 0 Å². The van der Waals surface area contributed by atoms with Gasteiger partial charge in [-0.2, -0.15) is 0 Å². The molecule has 0 aromatic carbocycles. The zero-order valence-electron chi connectivity index (χ0n) is 9.47. The van der Waals surface area contributed by atoms with E-state index < -0.39 is 7.60 Å². The molecule has 0 N–H and O–H groups in total. The van der Waals surface area contributed by atoms with E-state index in [1.165, 1.54) is 14.2 Å². The van der Waals surface area contributed by atoms with Crippen molar-refractivity contribution in [3.05, 3.63) is 0 Å². The highest BCUT2D eigenvalue weighted by Crippen LogP contribution is 2.47. The highest BCUT2D eigenvalue weighted by atomic mass is 31.2. The molecule has 0 radical (unpaired) electrons. The van der Waals surface area contributed by atoms with E-state index in [0.717, 1.165) is 12.8 Å². The molecule has 1 aliphatic rings. The van der Waals surface area contributed by atoms with Crippen molar-refractivity contribution in [2.75, 3.05) is 27.5 Å². The lowest BCUT2D eigenvalue weighted by Gasteiger charge is -2.16. The fourth-order valence-corrected chi connectivity index (χ4v) is 2.74. The fraction of sp³-hybridized carbons (Fsp3) is 1.00. The summed E-state index contributed by atoms with van der Waals surface area (Å²) in [5, 5.41) is 0. The summed E-state index contributed by atoms with van der Waals surface area (Å²) in [7, 11) is 1.55. The first kappa shape index (κ1) is 13.1. The molecule has 2 atom stereocenters. The van der Waals surface area contributed by atoms with Crippen LogP contribution >= 0.6 is 7.60 Å². The van der Waals surface area contributed by atoms with Crippen LogP contribution in [0.1, 0.15) is 19.3 Å². The van der Waals surface area contributed by atoms with Gasteiger partial charge in [-0.25, -0.2) is 0 Å². The molecule has 0 aromatic rings. The quantitative estimate of drug-likeness (QED) is 0.662. The van der Waals surface area contributed by atoms with Crippen molar-refractivity contribution in [1.29, 1.82) is 0 Å². The van der Waals surface area contributed by atoms with E-state index in [0.29, 0.717) is 12.6 Å². The minimum atomic E-state index is -2.88. The van der Waals surface area contributed by atoms with E-state index in [-0.39, 0.29) is 12.4 Å². The van der Waals surface area contributed by atoms with E-state index in [1.807, 2.05) is 0 Å². The monoisotopic (exact) mass is 238 g/mol. The van der Waals surface area contributed by atoms with Crippen LogP contribution in [0.5, 0.6) is 0 Å². The third-order valence-electron chi connectivity index (χ3n) is 2.61. The van der Waals surface area contributed by atoms with Gasteiger partial charge in [0.15, 0.2) is 6.29 Å². The van der Waals surface area contributed by atoms with Gasteiger partial charge in [-0.1, -0.05) is 0 Å². The Bertz CT molecular complexity index is 225. The summed E-state index contributed by atoms with van der Waals surface area (Å²) >= 11 is 0. The summed E-state index contributed by atoms with van der Waals surface area (Å²) in [6.07, 6.45) is 2.89. The van der Waals surface area contributed by atoms with Crippen LogP contribution in [-0.4, -0.2) is 39.9 Å². The van der Waals surface area contributed by atoms with E-state index in [2.05, 4.69) is 0 Å². The lowest BCUT2D eigenvalue weighted by atomic mass is 10.2. The third-order valence-corrected chi connectivity index (χ3v) is 4.53. The molecule has 0 aromatic heterocycles. The van der Waals surface area contributed by atoms with E-state index >= 15 is 0 Å². The molecule has 6 heteroatoms. The predicted molar refractivity (Wildman–Crippen MR) is 56.0 cm³/mol. The normalized spacial score (nSPS) is 27.1. The first-order valence-electron chi connectivity index (χ1n) is 5.02. The number of hydrogen-bond donors (Lipinski definition) is 0. The van der Waals surface area contributed by atoms with Crippen molar-refractivity contribution in [2.45, 2.75) is 31.7 Å². The van der Waals surface area contributed by atoms with Gasteiger partial charge in [0.05, 0.1) is 12.3 Å². The van der Waals surface area contributed by atoms with Gasteiger partial charge in [-0.15, -0.1) is 0 Å². The second-order valence-electron chi connectivity index (χ2n) is 3.49. The summed E-state index contributed by atoms with van der Waals surface area (Å²) in [6, 6.07) is 0. The zero-order chi connectivity index (χ0) is 11.3. The Balaban J connectivity index is 2.29. The summed E-state index contributed by atoms with van der Waals surface area (Å²) in [5.41, 5.74) is 0. The maximum Gasteiger partial charge on any atom is 0.330 e. The summed E-state index contributed by atoms with van der Waals surface area (Å²) in [6.45, 7) is 0. The Morgan fingerprint density at radius 2 is 1.93 bits per heavy atom. The van der Waals surface area contributed by atoms with Gasteiger partial charge in [0.2, 0.25) is 0 Å². The number of methoxy groups -OCH3 is 1. The molecule has 1 aliphatic heterocycles. The minimum absolute atomic E-state index is 0.105. The summed E-state index contributed by atoms with van der Waals surface area (Å²) in [4.78, 5) is 0. The molecular weight excluding hydrogens is 219 g/mol. The largest absolute Gasteiger partial charge is 0.356 e. The molecular formula is C9H19O5P. The topological polar surface area (TPSA) is 54.0 Å². The second-order valence-corrected chi connectivity index (χ2v) is 5.89. The molecule has 1 heterocycles. The highest BCUT2D eigenvalue weighted by Gasteiger charge is 2.28. The molecule has 1 fully saturated rings. The molecule has 1 rings (SSSR count). The van der Waals surface area contributed by atoms with Crippen LogP contribution in [0.2, 0.25) is 0 Å². The van der Waals surface area contributed by atoms with Crippen LogP contribution in [0, 0.1) is 0 Å². The molecule has 90 valence electrons. The van der Waals surface area contributed by atoms with Crippen LogP contribution in [0.25, 0.3) is 0 Å². The molecule has 0 unspecified atom stereocenters. The van der Waals surface area contributed by atoms with Gasteiger partial charge in [0.25, 0.3) is 0 Å². The van der Waals surface area contributed by atoms with Gasteiger partial charge >= 0.3 is 7.60 Å². The van der Waals surface area contributed by atoms with Crippen molar-refractivity contribution in [2.24, 2.45) is 0 Å². The lowest BCUT2D eigenvalue weighted by molar-refractivity contribution is -0.114. The van der Waals surface area contributed by atoms with Crippen molar-refractivity contribution < 1.29 is 23.1 Å². The average molecular weight is 238 g/mol. The fourth-order valence-electron chi connectivity index (χ4n) is 1.62. The van der Waals surface area contributed by atoms with Crippen LogP contribution in [-0.2, 0) is 23.1 Å². The Hall–Kier alpha value is 0.0700. The van der Waals surface area contributed by atoms with Crippen molar-refractivity contribution in [1.82, 2.24) is 0 Å². The lowest BCUT2D eigenvalue weighted by Crippen LogP contribution is -2.14. The number of ether oxygens (including phenoxy) is 2. The van der Waals surface area contributed by atoms with E-state index in [4.69, 9.17) is 18.5 Å². The smallest absolute Gasteiger partial charge is 0.330 e. The molecule has 15 heavy (non-hydrogen) atoms. The maximum absolute atomic E-state index is 11.7. The standard InChI is InChI=1S/C9H19O5P/c1-11-9-5-4-8(14-9)6-7-15(10,12-2)13-3/h8-9H,4-7H2,1-3H3/t8-,9+/m0/s1. The van der Waals surface area contributed by atoms with Crippen LogP contribution in [0.15, 0.2) is 0 Å². The molecule has 0 amide bonds. The average Bonchev–Trinajstić information content (AvgIpc) is 2.74. The Morgan fingerprint density at radius 1 is 1.27 bits per heavy atom. The first-order chi connectivity index (χ1) is 7.13. The van der Waals surface area contributed by atoms with Crippen LogP contribution < -0.4 is 0 Å². The molecule has 0 aliphatic carbocycles. The Morgan fingerprint density at radius 3 is 2.40 bits per heavy atom. The predicted octanol–water partition coefficient (Wildman–Crippen LogP) is 2.01. The highest BCUT2D eigenvalue weighted by molar-refractivity contribution is 7.53. The van der Waals surface area contributed by atoms with Crippen LogP contribution in [0.4, 0.5) is 0 Å². The van der Waals surface area contributed by atoms with E-state index in [1.54, 1.807) is 7.11 Å². The summed E-state index contributed by atoms with van der Waals surface area (Å²) in [5.74, 6) is 0. The van der Waals surface area contributed by atoms with Gasteiger partial charge in [0.1, 0.15) is 0 Å². The van der Waals surface area contributed by atoms with Gasteiger partial charge < -0.3 is 18.5 Å². The van der Waals surface area contributed by atoms with Gasteiger partial charge in [0, 0.05) is 27.8 Å². The van der Waals surface area contributed by atoms with Crippen molar-refractivity contribution in [3.63, 3.8) is 0 Å². The SMILES string of the molecule is CO[C@H]1CC[C@@H](CCP(=O)(OC)OC)O1. The zero-order valence-corrected chi connectivity index (χ0v) is 10.4. The van der Waals surface area contributed by atoms with Crippen molar-refractivity contribution >= 4 is 7.60 Å². The minimum Gasteiger partial charge on any atom is -0.356 e. The molecule has 0 saturated carbocycles.